The van der Waals surface area contributed by atoms with Gasteiger partial charge in [-0.25, -0.2) is 9.97 Å². The fourth-order valence-corrected chi connectivity index (χ4v) is 3.93. The van der Waals surface area contributed by atoms with Gasteiger partial charge in [0.2, 0.25) is 0 Å². The van der Waals surface area contributed by atoms with Crippen molar-refractivity contribution in [3.05, 3.63) is 71.6 Å². The predicted octanol–water partition coefficient (Wildman–Crippen LogP) is 5.41. The highest BCUT2D eigenvalue weighted by Gasteiger charge is 2.15. The van der Waals surface area contributed by atoms with Crippen molar-refractivity contribution in [2.75, 3.05) is 31.7 Å². The molecule has 2 aromatic carbocycles. The molecule has 0 saturated carbocycles. The third kappa shape index (κ3) is 7.22. The Morgan fingerprint density at radius 3 is 2.71 bits per heavy atom. The van der Waals surface area contributed by atoms with E-state index in [1.807, 2.05) is 22.9 Å². The molecule has 0 aliphatic heterocycles. The lowest BCUT2D eigenvalue weighted by atomic mass is 9.97. The van der Waals surface area contributed by atoms with Crippen LogP contribution < -0.4 is 15.4 Å². The van der Waals surface area contributed by atoms with Crippen LogP contribution in [-0.4, -0.2) is 51.9 Å². The van der Waals surface area contributed by atoms with Crippen LogP contribution in [0, 0.1) is 5.41 Å². The number of aliphatic hydroxyl groups excluding tert-OH is 1. The number of amides is 1. The number of nitrogens with zero attached hydrogens (tertiary/aromatic N) is 3. The number of aliphatic hydroxyl groups is 1. The summed E-state index contributed by atoms with van der Waals surface area (Å²) in [6, 6.07) is 14.3. The van der Waals surface area contributed by atoms with Crippen molar-refractivity contribution in [2.45, 2.75) is 27.3 Å². The summed E-state index contributed by atoms with van der Waals surface area (Å²) in [6.07, 6.45) is 3.43. The summed E-state index contributed by atoms with van der Waals surface area (Å²) in [5, 5.41) is 15.6. The van der Waals surface area contributed by atoms with Crippen LogP contribution in [0.4, 0.5) is 11.5 Å². The number of halogens is 1. The Hall–Kier alpha value is -3.66. The maximum absolute atomic E-state index is 12.5. The first-order valence-electron chi connectivity index (χ1n) is 12.3. The number of carbonyl (C=O) groups excluding carboxylic acids is 1. The third-order valence-corrected chi connectivity index (χ3v) is 5.86. The zero-order valence-electron chi connectivity index (χ0n) is 21.7. The van der Waals surface area contributed by atoms with E-state index < -0.39 is 0 Å². The van der Waals surface area contributed by atoms with E-state index >= 15 is 0 Å². The van der Waals surface area contributed by atoms with Crippen molar-refractivity contribution in [1.82, 2.24) is 19.9 Å². The Kier molecular flexibility index (Phi) is 8.83. The normalized spacial score (nSPS) is 11.5. The molecular formula is C28H32ClN5O4. The highest BCUT2D eigenvalue weighted by atomic mass is 35.5. The van der Waals surface area contributed by atoms with Crippen LogP contribution >= 0.6 is 11.6 Å². The van der Waals surface area contributed by atoms with E-state index in [1.165, 1.54) is 6.33 Å². The van der Waals surface area contributed by atoms with Crippen LogP contribution in [0.1, 0.15) is 31.1 Å². The second-order valence-electron chi connectivity index (χ2n) is 9.94. The SMILES string of the molecule is CC(C)(C)CNC(=O)c1cccc(Oc2ccc(Nc3ncnc4ccn(CCOCCO)c34)cc2Cl)c1. The van der Waals surface area contributed by atoms with Gasteiger partial charge in [-0.2, -0.15) is 0 Å². The molecule has 0 aliphatic rings. The average Bonchev–Trinajstić information content (AvgIpc) is 3.30. The first-order chi connectivity index (χ1) is 18.2. The second kappa shape index (κ2) is 12.3. The van der Waals surface area contributed by atoms with Crippen molar-refractivity contribution in [3.8, 4) is 11.5 Å². The number of carbonyl (C=O) groups is 1. The molecule has 0 radical (unpaired) electrons. The summed E-state index contributed by atoms with van der Waals surface area (Å²) in [4.78, 5) is 21.3. The topological polar surface area (TPSA) is 111 Å². The fraction of sp³-hybridized carbons (Fsp3) is 0.321. The van der Waals surface area contributed by atoms with Gasteiger partial charge in [0.15, 0.2) is 5.82 Å². The Morgan fingerprint density at radius 1 is 1.11 bits per heavy atom. The lowest BCUT2D eigenvalue weighted by molar-refractivity contribution is 0.0875. The van der Waals surface area contributed by atoms with E-state index in [0.29, 0.717) is 54.2 Å². The van der Waals surface area contributed by atoms with Crippen LogP contribution in [0.3, 0.4) is 0 Å². The van der Waals surface area contributed by atoms with Gasteiger partial charge >= 0.3 is 0 Å². The standard InChI is InChI=1S/C28H32ClN5O4/c1-28(2,3)17-30-27(36)19-5-4-6-21(15-19)38-24-8-7-20(16-22(24)29)33-26-25-23(31-18-32-26)9-10-34(25)11-13-37-14-12-35/h4-10,15-16,18,35H,11-14,17H2,1-3H3,(H,30,36)(H,31,32,33). The van der Waals surface area contributed by atoms with Crippen LogP contribution in [0.2, 0.25) is 5.02 Å². The number of nitrogens with one attached hydrogen (secondary N) is 2. The average molecular weight is 538 g/mol. The molecule has 0 fully saturated rings. The van der Waals surface area contributed by atoms with Crippen molar-refractivity contribution < 1.29 is 19.4 Å². The molecule has 2 aromatic heterocycles. The molecule has 1 amide bonds. The molecular weight excluding hydrogens is 506 g/mol. The van der Waals surface area contributed by atoms with Crippen molar-refractivity contribution in [1.29, 1.82) is 0 Å². The monoisotopic (exact) mass is 537 g/mol. The quantitative estimate of drug-likeness (QED) is 0.219. The van der Waals surface area contributed by atoms with Gasteiger partial charge < -0.3 is 29.8 Å². The van der Waals surface area contributed by atoms with Gasteiger partial charge in [0, 0.05) is 30.5 Å². The smallest absolute Gasteiger partial charge is 0.251 e. The molecule has 2 heterocycles. The van der Waals surface area contributed by atoms with Gasteiger partial charge in [0.1, 0.15) is 23.3 Å². The highest BCUT2D eigenvalue weighted by molar-refractivity contribution is 6.32. The van der Waals surface area contributed by atoms with Gasteiger partial charge in [-0.3, -0.25) is 4.79 Å². The molecule has 4 rings (SSSR count). The molecule has 0 saturated heterocycles. The van der Waals surface area contributed by atoms with Crippen molar-refractivity contribution in [2.24, 2.45) is 5.41 Å². The summed E-state index contributed by atoms with van der Waals surface area (Å²) in [5.41, 5.74) is 2.85. The number of rotatable bonds is 11. The molecule has 0 aliphatic carbocycles. The van der Waals surface area contributed by atoms with Crippen molar-refractivity contribution in [3.63, 3.8) is 0 Å². The number of hydrogen-bond donors (Lipinski definition) is 3. The number of anilines is 2. The first kappa shape index (κ1) is 27.4. The van der Waals surface area contributed by atoms with Gasteiger partial charge in [-0.15, -0.1) is 0 Å². The Morgan fingerprint density at radius 2 is 1.95 bits per heavy atom. The van der Waals surface area contributed by atoms with E-state index in [1.54, 1.807) is 36.4 Å². The molecule has 200 valence electrons. The van der Waals surface area contributed by atoms with Crippen LogP contribution in [0.25, 0.3) is 11.0 Å². The first-order valence-corrected chi connectivity index (χ1v) is 12.7. The molecule has 3 N–H and O–H groups in total. The molecule has 0 spiro atoms. The lowest BCUT2D eigenvalue weighted by Crippen LogP contribution is -2.32. The molecule has 0 unspecified atom stereocenters. The van der Waals surface area contributed by atoms with E-state index in [4.69, 9.17) is 26.2 Å². The number of ether oxygens (including phenoxy) is 2. The minimum Gasteiger partial charge on any atom is -0.456 e. The number of benzene rings is 2. The van der Waals surface area contributed by atoms with E-state index in [-0.39, 0.29) is 17.9 Å². The van der Waals surface area contributed by atoms with Gasteiger partial charge in [0.05, 0.1) is 30.4 Å². The fourth-order valence-electron chi connectivity index (χ4n) is 3.71. The van der Waals surface area contributed by atoms with E-state index in [0.717, 1.165) is 16.7 Å². The summed E-state index contributed by atoms with van der Waals surface area (Å²) in [6.45, 7) is 8.08. The molecule has 10 heteroatoms. The zero-order chi connectivity index (χ0) is 27.1. The van der Waals surface area contributed by atoms with Crippen LogP contribution in [-0.2, 0) is 11.3 Å². The number of aromatic nitrogens is 3. The minimum atomic E-state index is -0.156. The largest absolute Gasteiger partial charge is 0.456 e. The maximum Gasteiger partial charge on any atom is 0.251 e. The second-order valence-corrected chi connectivity index (χ2v) is 10.4. The Labute approximate surface area is 226 Å². The number of hydrogen-bond acceptors (Lipinski definition) is 7. The van der Waals surface area contributed by atoms with Crippen LogP contribution in [0.5, 0.6) is 11.5 Å². The Balaban J connectivity index is 1.46. The Bertz CT molecular complexity index is 1400. The third-order valence-electron chi connectivity index (χ3n) is 5.56. The molecule has 9 nitrogen and oxygen atoms in total. The summed E-state index contributed by atoms with van der Waals surface area (Å²) >= 11 is 6.56. The predicted molar refractivity (Wildman–Crippen MR) is 148 cm³/mol. The van der Waals surface area contributed by atoms with E-state index in [9.17, 15) is 4.79 Å². The van der Waals surface area contributed by atoms with Gasteiger partial charge in [0.25, 0.3) is 5.91 Å². The van der Waals surface area contributed by atoms with Crippen LogP contribution in [0.15, 0.2) is 61.1 Å². The molecule has 0 bridgehead atoms. The highest BCUT2D eigenvalue weighted by Crippen LogP contribution is 2.33. The molecule has 38 heavy (non-hydrogen) atoms. The summed E-state index contributed by atoms with van der Waals surface area (Å²) in [5.74, 6) is 1.44. The molecule has 0 atom stereocenters. The zero-order valence-corrected chi connectivity index (χ0v) is 22.5. The van der Waals surface area contributed by atoms with Gasteiger partial charge in [-0.05, 0) is 47.9 Å². The van der Waals surface area contributed by atoms with Gasteiger partial charge in [-0.1, -0.05) is 38.4 Å². The van der Waals surface area contributed by atoms with E-state index in [2.05, 4.69) is 41.4 Å². The summed E-state index contributed by atoms with van der Waals surface area (Å²) < 4.78 is 13.4. The lowest BCUT2D eigenvalue weighted by Gasteiger charge is -2.18. The summed E-state index contributed by atoms with van der Waals surface area (Å²) in [7, 11) is 0. The molecule has 4 aromatic rings. The minimum absolute atomic E-state index is 0.0115. The van der Waals surface area contributed by atoms with Crippen molar-refractivity contribution >= 4 is 40.0 Å². The maximum atomic E-state index is 12.5. The number of fused-ring (bicyclic) bond motifs is 1.